The summed E-state index contributed by atoms with van der Waals surface area (Å²) in [5.41, 5.74) is 2.34. The van der Waals surface area contributed by atoms with E-state index in [1.54, 1.807) is 18.2 Å². The van der Waals surface area contributed by atoms with Gasteiger partial charge in [-0.15, -0.1) is 0 Å². The third kappa shape index (κ3) is 3.63. The van der Waals surface area contributed by atoms with Gasteiger partial charge in [-0.05, 0) is 42.3 Å². The molecule has 0 saturated heterocycles. The molecular formula is C18H19NO4. The summed E-state index contributed by atoms with van der Waals surface area (Å²) in [6.45, 7) is 3.81. The van der Waals surface area contributed by atoms with Gasteiger partial charge in [0.1, 0.15) is 13.2 Å². The van der Waals surface area contributed by atoms with Crippen molar-refractivity contribution in [2.45, 2.75) is 19.5 Å². The first-order valence-electron chi connectivity index (χ1n) is 7.58. The fourth-order valence-electron chi connectivity index (χ4n) is 2.53. The third-order valence-corrected chi connectivity index (χ3v) is 3.85. The normalized spacial score (nSPS) is 14.3. The van der Waals surface area contributed by atoms with Crippen LogP contribution in [0, 0.1) is 0 Å². The monoisotopic (exact) mass is 313 g/mol. The number of fused-ring (bicyclic) bond motifs is 1. The average molecular weight is 313 g/mol. The van der Waals surface area contributed by atoms with Gasteiger partial charge >= 0.3 is 5.97 Å². The standard InChI is InChI=1S/C18H19NO4/c1-12(14-5-6-16-17(10-14)23-8-7-22-16)19-11-13-3-2-4-15(9-13)18(20)21/h2-6,9-10,12,19H,7-8,11H2,1H3,(H,20,21). The molecule has 1 aliphatic rings. The summed E-state index contributed by atoms with van der Waals surface area (Å²) in [7, 11) is 0. The number of hydrogen-bond acceptors (Lipinski definition) is 4. The molecule has 0 aliphatic carbocycles. The van der Waals surface area contributed by atoms with Crippen molar-refractivity contribution in [3.63, 3.8) is 0 Å². The lowest BCUT2D eigenvalue weighted by Crippen LogP contribution is -2.19. The zero-order chi connectivity index (χ0) is 16.2. The molecule has 5 heteroatoms. The Morgan fingerprint density at radius 2 is 1.96 bits per heavy atom. The van der Waals surface area contributed by atoms with Crippen LogP contribution in [0.2, 0.25) is 0 Å². The number of nitrogens with one attached hydrogen (secondary N) is 1. The van der Waals surface area contributed by atoms with Crippen LogP contribution < -0.4 is 14.8 Å². The second-order valence-electron chi connectivity index (χ2n) is 5.51. The van der Waals surface area contributed by atoms with E-state index in [4.69, 9.17) is 14.6 Å². The fourth-order valence-corrected chi connectivity index (χ4v) is 2.53. The van der Waals surface area contributed by atoms with Gasteiger partial charge in [0.15, 0.2) is 11.5 Å². The number of carbonyl (C=O) groups is 1. The maximum Gasteiger partial charge on any atom is 0.335 e. The summed E-state index contributed by atoms with van der Waals surface area (Å²) < 4.78 is 11.1. The number of hydrogen-bond donors (Lipinski definition) is 2. The molecule has 2 N–H and O–H groups in total. The van der Waals surface area contributed by atoms with Gasteiger partial charge < -0.3 is 19.9 Å². The minimum atomic E-state index is -0.910. The summed E-state index contributed by atoms with van der Waals surface area (Å²) in [6, 6.07) is 13.0. The minimum absolute atomic E-state index is 0.110. The van der Waals surface area contributed by atoms with Crippen molar-refractivity contribution in [1.29, 1.82) is 0 Å². The zero-order valence-electron chi connectivity index (χ0n) is 12.9. The molecule has 5 nitrogen and oxygen atoms in total. The van der Waals surface area contributed by atoms with Gasteiger partial charge in [0.2, 0.25) is 0 Å². The highest BCUT2D eigenvalue weighted by molar-refractivity contribution is 5.87. The third-order valence-electron chi connectivity index (χ3n) is 3.85. The number of aromatic carboxylic acids is 1. The number of ether oxygens (including phenoxy) is 2. The molecule has 23 heavy (non-hydrogen) atoms. The molecule has 1 aliphatic heterocycles. The topological polar surface area (TPSA) is 67.8 Å². The molecule has 0 fully saturated rings. The van der Waals surface area contributed by atoms with Crippen LogP contribution in [0.25, 0.3) is 0 Å². The Morgan fingerprint density at radius 3 is 2.74 bits per heavy atom. The van der Waals surface area contributed by atoms with E-state index in [2.05, 4.69) is 12.2 Å². The van der Waals surface area contributed by atoms with Crippen LogP contribution in [0.3, 0.4) is 0 Å². The first kappa shape index (κ1) is 15.4. The maximum atomic E-state index is 11.0. The first-order chi connectivity index (χ1) is 11.1. The first-order valence-corrected chi connectivity index (χ1v) is 7.58. The van der Waals surface area contributed by atoms with E-state index in [0.717, 1.165) is 22.6 Å². The number of benzene rings is 2. The van der Waals surface area contributed by atoms with E-state index in [-0.39, 0.29) is 6.04 Å². The van der Waals surface area contributed by atoms with Gasteiger partial charge in [-0.3, -0.25) is 0 Å². The van der Waals surface area contributed by atoms with Gasteiger partial charge in [-0.25, -0.2) is 4.79 Å². The van der Waals surface area contributed by atoms with Crippen LogP contribution in [0.15, 0.2) is 42.5 Å². The predicted octanol–water partition coefficient (Wildman–Crippen LogP) is 3.01. The molecule has 2 aromatic carbocycles. The lowest BCUT2D eigenvalue weighted by molar-refractivity contribution is 0.0696. The number of carboxylic acids is 1. The van der Waals surface area contributed by atoms with Crippen molar-refractivity contribution in [3.05, 3.63) is 59.2 Å². The molecule has 1 heterocycles. The molecule has 0 saturated carbocycles. The van der Waals surface area contributed by atoms with Crippen molar-refractivity contribution < 1.29 is 19.4 Å². The molecule has 0 aromatic heterocycles. The van der Waals surface area contributed by atoms with Crippen molar-refractivity contribution in [2.24, 2.45) is 0 Å². The Kier molecular flexibility index (Phi) is 4.48. The van der Waals surface area contributed by atoms with Crippen molar-refractivity contribution in [3.8, 4) is 11.5 Å². The van der Waals surface area contributed by atoms with Crippen LogP contribution in [0.1, 0.15) is 34.5 Å². The fraction of sp³-hybridized carbons (Fsp3) is 0.278. The summed E-state index contributed by atoms with van der Waals surface area (Å²) in [5.74, 6) is 0.642. The molecular weight excluding hydrogens is 294 g/mol. The molecule has 120 valence electrons. The molecule has 3 rings (SSSR count). The highest BCUT2D eigenvalue weighted by atomic mass is 16.6. The highest BCUT2D eigenvalue weighted by Gasteiger charge is 2.14. The van der Waals surface area contributed by atoms with Crippen LogP contribution in [0.4, 0.5) is 0 Å². The van der Waals surface area contributed by atoms with E-state index in [0.29, 0.717) is 25.3 Å². The van der Waals surface area contributed by atoms with E-state index in [1.807, 2.05) is 24.3 Å². The lowest BCUT2D eigenvalue weighted by atomic mass is 10.1. The van der Waals surface area contributed by atoms with Gasteiger partial charge in [-0.1, -0.05) is 18.2 Å². The Balaban J connectivity index is 1.66. The Morgan fingerprint density at radius 1 is 1.17 bits per heavy atom. The average Bonchev–Trinajstić information content (AvgIpc) is 2.59. The van der Waals surface area contributed by atoms with Crippen molar-refractivity contribution >= 4 is 5.97 Å². The Bertz CT molecular complexity index is 714. The lowest BCUT2D eigenvalue weighted by Gasteiger charge is -2.21. The van der Waals surface area contributed by atoms with Crippen LogP contribution in [-0.2, 0) is 6.54 Å². The van der Waals surface area contributed by atoms with E-state index < -0.39 is 5.97 Å². The second kappa shape index (κ2) is 6.71. The summed E-state index contributed by atoms with van der Waals surface area (Å²) in [5, 5.41) is 12.4. The summed E-state index contributed by atoms with van der Waals surface area (Å²) in [6.07, 6.45) is 0. The van der Waals surface area contributed by atoms with Gasteiger partial charge in [0.05, 0.1) is 5.56 Å². The van der Waals surface area contributed by atoms with E-state index >= 15 is 0 Å². The minimum Gasteiger partial charge on any atom is -0.486 e. The van der Waals surface area contributed by atoms with Crippen molar-refractivity contribution in [1.82, 2.24) is 5.32 Å². The van der Waals surface area contributed by atoms with Crippen LogP contribution >= 0.6 is 0 Å². The number of carboxylic acid groups (broad SMARTS) is 1. The largest absolute Gasteiger partial charge is 0.486 e. The molecule has 1 unspecified atom stereocenters. The molecule has 0 amide bonds. The smallest absolute Gasteiger partial charge is 0.335 e. The molecule has 2 aromatic rings. The summed E-state index contributed by atoms with van der Waals surface area (Å²) >= 11 is 0. The quantitative estimate of drug-likeness (QED) is 0.888. The molecule has 1 atom stereocenters. The van der Waals surface area contributed by atoms with E-state index in [9.17, 15) is 4.79 Å². The molecule has 0 bridgehead atoms. The zero-order valence-corrected chi connectivity index (χ0v) is 12.9. The van der Waals surface area contributed by atoms with Crippen LogP contribution in [-0.4, -0.2) is 24.3 Å². The summed E-state index contributed by atoms with van der Waals surface area (Å²) in [4.78, 5) is 11.0. The van der Waals surface area contributed by atoms with Gasteiger partial charge in [-0.2, -0.15) is 0 Å². The van der Waals surface area contributed by atoms with Gasteiger partial charge in [0.25, 0.3) is 0 Å². The number of rotatable bonds is 5. The molecule has 0 spiro atoms. The highest BCUT2D eigenvalue weighted by Crippen LogP contribution is 2.32. The second-order valence-corrected chi connectivity index (χ2v) is 5.51. The molecule has 0 radical (unpaired) electrons. The van der Waals surface area contributed by atoms with Crippen LogP contribution in [0.5, 0.6) is 11.5 Å². The maximum absolute atomic E-state index is 11.0. The van der Waals surface area contributed by atoms with Gasteiger partial charge in [0, 0.05) is 12.6 Å². The van der Waals surface area contributed by atoms with E-state index in [1.165, 1.54) is 0 Å². The predicted molar refractivity (Wildman–Crippen MR) is 86.1 cm³/mol. The Hall–Kier alpha value is -2.53. The van der Waals surface area contributed by atoms with Crippen molar-refractivity contribution in [2.75, 3.05) is 13.2 Å². The SMILES string of the molecule is CC(NCc1cccc(C(=O)O)c1)c1ccc2c(c1)OCCO2. The Labute approximate surface area is 134 Å².